The van der Waals surface area contributed by atoms with Gasteiger partial charge in [0, 0.05) is 11.6 Å². The van der Waals surface area contributed by atoms with Gasteiger partial charge in [0.2, 0.25) is 0 Å². The first kappa shape index (κ1) is 14.8. The number of nitrogens with one attached hydrogen (secondary N) is 3. The molecule has 108 valence electrons. The van der Waals surface area contributed by atoms with Gasteiger partial charge >= 0.3 is 0 Å². The summed E-state index contributed by atoms with van der Waals surface area (Å²) in [5.74, 6) is 0.430. The van der Waals surface area contributed by atoms with Crippen LogP contribution < -0.4 is 16.2 Å². The van der Waals surface area contributed by atoms with Crippen molar-refractivity contribution in [1.29, 1.82) is 0 Å². The van der Waals surface area contributed by atoms with Crippen LogP contribution in [-0.2, 0) is 0 Å². The van der Waals surface area contributed by atoms with E-state index in [0.717, 1.165) is 6.42 Å². The van der Waals surface area contributed by atoms with E-state index in [1.807, 2.05) is 18.2 Å². The normalized spacial score (nSPS) is 21.9. The monoisotopic (exact) mass is 291 g/mol. The molecule has 1 aromatic rings. The predicted molar refractivity (Wildman–Crippen MR) is 84.2 cm³/mol. The van der Waals surface area contributed by atoms with Gasteiger partial charge in [0.25, 0.3) is 5.91 Å². The summed E-state index contributed by atoms with van der Waals surface area (Å²) in [5, 5.41) is 3.76. The number of benzene rings is 1. The Hall–Kier alpha value is -1.62. The maximum atomic E-state index is 11.8. The van der Waals surface area contributed by atoms with Crippen LogP contribution in [0.25, 0.3) is 0 Å². The standard InChI is InChI=1S/C15H21N3OS/c1-11-7-5-6-10-13(11)16-15(20)18-17-14(19)12-8-3-2-4-9-12/h2-4,8-9,11,13H,5-7,10H2,1H3,(H,17,19)(H2,16,18,20)/t11-,13-/m0/s1. The van der Waals surface area contributed by atoms with Gasteiger partial charge in [-0.1, -0.05) is 38.0 Å². The highest BCUT2D eigenvalue weighted by molar-refractivity contribution is 7.80. The smallest absolute Gasteiger partial charge is 0.269 e. The summed E-state index contributed by atoms with van der Waals surface area (Å²) in [4.78, 5) is 11.8. The first-order valence-electron chi connectivity index (χ1n) is 7.08. The molecule has 0 aromatic heterocycles. The van der Waals surface area contributed by atoms with Crippen molar-refractivity contribution < 1.29 is 4.79 Å². The topological polar surface area (TPSA) is 53.2 Å². The summed E-state index contributed by atoms with van der Waals surface area (Å²) in [6.45, 7) is 2.24. The molecule has 0 saturated heterocycles. The molecule has 5 heteroatoms. The first-order valence-corrected chi connectivity index (χ1v) is 7.49. The molecule has 1 aliphatic carbocycles. The molecule has 4 nitrogen and oxygen atoms in total. The van der Waals surface area contributed by atoms with Crippen molar-refractivity contribution in [3.8, 4) is 0 Å². The van der Waals surface area contributed by atoms with Crippen molar-refractivity contribution in [2.45, 2.75) is 38.6 Å². The number of thiocarbonyl (C=S) groups is 1. The molecule has 1 fully saturated rings. The fourth-order valence-electron chi connectivity index (χ4n) is 2.51. The van der Waals surface area contributed by atoms with Crippen LogP contribution in [0.4, 0.5) is 0 Å². The second-order valence-corrected chi connectivity index (χ2v) is 5.70. The van der Waals surface area contributed by atoms with E-state index < -0.39 is 0 Å². The largest absolute Gasteiger partial charge is 0.358 e. The van der Waals surface area contributed by atoms with Crippen molar-refractivity contribution in [2.24, 2.45) is 5.92 Å². The Morgan fingerprint density at radius 2 is 1.85 bits per heavy atom. The maximum absolute atomic E-state index is 11.8. The number of hydrogen-bond acceptors (Lipinski definition) is 2. The number of hydrazine groups is 1. The SMILES string of the molecule is C[C@H]1CCCC[C@@H]1NC(=S)NNC(=O)c1ccccc1. The molecule has 0 spiro atoms. The fourth-order valence-corrected chi connectivity index (χ4v) is 2.71. The molecule has 20 heavy (non-hydrogen) atoms. The number of carbonyl (C=O) groups is 1. The molecule has 1 saturated carbocycles. The molecule has 0 aliphatic heterocycles. The minimum absolute atomic E-state index is 0.188. The second-order valence-electron chi connectivity index (χ2n) is 5.29. The van der Waals surface area contributed by atoms with E-state index in [0.29, 0.717) is 22.6 Å². The van der Waals surface area contributed by atoms with E-state index >= 15 is 0 Å². The molecule has 1 aromatic carbocycles. The number of amides is 1. The van der Waals surface area contributed by atoms with Crippen LogP contribution >= 0.6 is 12.2 Å². The Morgan fingerprint density at radius 3 is 2.55 bits per heavy atom. The molecule has 2 rings (SSSR count). The molecule has 0 bridgehead atoms. The zero-order valence-electron chi connectivity index (χ0n) is 11.7. The van der Waals surface area contributed by atoms with Gasteiger partial charge in [-0.25, -0.2) is 0 Å². The highest BCUT2D eigenvalue weighted by Crippen LogP contribution is 2.23. The minimum atomic E-state index is -0.188. The lowest BCUT2D eigenvalue weighted by atomic mass is 9.86. The van der Waals surface area contributed by atoms with Gasteiger partial charge in [-0.2, -0.15) is 0 Å². The lowest BCUT2D eigenvalue weighted by molar-refractivity contribution is 0.0943. The van der Waals surface area contributed by atoms with Gasteiger partial charge in [0.15, 0.2) is 5.11 Å². The lowest BCUT2D eigenvalue weighted by Gasteiger charge is -2.30. The van der Waals surface area contributed by atoms with E-state index in [1.165, 1.54) is 19.3 Å². The van der Waals surface area contributed by atoms with Crippen LogP contribution in [0.5, 0.6) is 0 Å². The quantitative estimate of drug-likeness (QED) is 0.578. The van der Waals surface area contributed by atoms with Gasteiger partial charge < -0.3 is 5.32 Å². The van der Waals surface area contributed by atoms with E-state index in [9.17, 15) is 4.79 Å². The van der Waals surface area contributed by atoms with Crippen molar-refractivity contribution in [3.05, 3.63) is 35.9 Å². The maximum Gasteiger partial charge on any atom is 0.269 e. The Morgan fingerprint density at radius 1 is 1.15 bits per heavy atom. The zero-order valence-corrected chi connectivity index (χ0v) is 12.5. The Labute approximate surface area is 125 Å². The molecular formula is C15H21N3OS. The van der Waals surface area contributed by atoms with Gasteiger partial charge in [0.05, 0.1) is 0 Å². The van der Waals surface area contributed by atoms with Crippen LogP contribution in [0.1, 0.15) is 43.0 Å². The third-order valence-corrected chi connectivity index (χ3v) is 3.97. The van der Waals surface area contributed by atoms with Crippen molar-refractivity contribution >= 4 is 23.2 Å². The molecule has 0 unspecified atom stereocenters. The third kappa shape index (κ3) is 4.20. The summed E-state index contributed by atoms with van der Waals surface area (Å²) in [7, 11) is 0. The first-order chi connectivity index (χ1) is 9.66. The molecule has 1 aliphatic rings. The number of hydrogen-bond donors (Lipinski definition) is 3. The van der Waals surface area contributed by atoms with E-state index in [4.69, 9.17) is 12.2 Å². The van der Waals surface area contributed by atoms with Crippen LogP contribution in [-0.4, -0.2) is 17.1 Å². The van der Waals surface area contributed by atoms with Gasteiger partial charge in [0.1, 0.15) is 0 Å². The number of rotatable bonds is 2. The highest BCUT2D eigenvalue weighted by atomic mass is 32.1. The average molecular weight is 291 g/mol. The summed E-state index contributed by atoms with van der Waals surface area (Å²) in [6.07, 6.45) is 4.90. The van der Waals surface area contributed by atoms with Gasteiger partial charge in [-0.15, -0.1) is 0 Å². The minimum Gasteiger partial charge on any atom is -0.358 e. The molecule has 0 heterocycles. The Bertz CT molecular complexity index is 463. The van der Waals surface area contributed by atoms with Gasteiger partial charge in [-0.3, -0.25) is 15.6 Å². The molecule has 0 radical (unpaired) electrons. The third-order valence-electron chi connectivity index (χ3n) is 3.75. The summed E-state index contributed by atoms with van der Waals surface area (Å²) in [6, 6.07) is 9.45. The van der Waals surface area contributed by atoms with Crippen LogP contribution in [0.15, 0.2) is 30.3 Å². The van der Waals surface area contributed by atoms with Crippen molar-refractivity contribution in [2.75, 3.05) is 0 Å². The van der Waals surface area contributed by atoms with Crippen LogP contribution in [0.2, 0.25) is 0 Å². The molecular weight excluding hydrogens is 270 g/mol. The predicted octanol–water partition coefficient (Wildman–Crippen LogP) is 2.37. The zero-order chi connectivity index (χ0) is 14.4. The molecule has 3 N–H and O–H groups in total. The molecule has 1 amide bonds. The molecule has 2 atom stereocenters. The van der Waals surface area contributed by atoms with Crippen molar-refractivity contribution in [1.82, 2.24) is 16.2 Å². The number of carbonyl (C=O) groups excluding carboxylic acids is 1. The van der Waals surface area contributed by atoms with Crippen molar-refractivity contribution in [3.63, 3.8) is 0 Å². The average Bonchev–Trinajstić information content (AvgIpc) is 2.48. The summed E-state index contributed by atoms with van der Waals surface area (Å²) < 4.78 is 0. The Kier molecular flexibility index (Phi) is 5.35. The van der Waals surface area contributed by atoms with Gasteiger partial charge in [-0.05, 0) is 43.1 Å². The van der Waals surface area contributed by atoms with E-state index in [-0.39, 0.29) is 5.91 Å². The fraction of sp³-hybridized carbons (Fsp3) is 0.467. The Balaban J connectivity index is 1.76. The summed E-state index contributed by atoms with van der Waals surface area (Å²) >= 11 is 5.22. The van der Waals surface area contributed by atoms with Crippen LogP contribution in [0.3, 0.4) is 0 Å². The van der Waals surface area contributed by atoms with E-state index in [2.05, 4.69) is 23.1 Å². The second kappa shape index (κ2) is 7.24. The summed E-state index contributed by atoms with van der Waals surface area (Å²) in [5.41, 5.74) is 5.99. The highest BCUT2D eigenvalue weighted by Gasteiger charge is 2.21. The van der Waals surface area contributed by atoms with Crippen LogP contribution in [0, 0.1) is 5.92 Å². The lowest BCUT2D eigenvalue weighted by Crippen LogP contribution is -2.51. The van der Waals surface area contributed by atoms with E-state index in [1.54, 1.807) is 12.1 Å².